The van der Waals surface area contributed by atoms with Crippen molar-refractivity contribution in [3.8, 4) is 0 Å². The van der Waals surface area contributed by atoms with E-state index in [1.807, 2.05) is 0 Å². The highest BCUT2D eigenvalue weighted by molar-refractivity contribution is 5.89. The molecule has 1 amide bonds. The standard InChI is InChI=1S/C16H20F3NO2/c1-15(2,3)22-14(21)20-9-8-11(10-16(17,18)19)12-6-4-5-7-13(12)20/h4-7,11H,8-10H2,1-3H3. The first-order valence-electron chi connectivity index (χ1n) is 7.23. The first-order valence-corrected chi connectivity index (χ1v) is 7.23. The third kappa shape index (κ3) is 4.15. The number of hydrogen-bond donors (Lipinski definition) is 0. The lowest BCUT2D eigenvalue weighted by Crippen LogP contribution is -2.41. The summed E-state index contributed by atoms with van der Waals surface area (Å²) in [6.07, 6.45) is -5.33. The predicted molar refractivity (Wildman–Crippen MR) is 78.1 cm³/mol. The van der Waals surface area contributed by atoms with Crippen LogP contribution in [0, 0.1) is 0 Å². The maximum absolute atomic E-state index is 12.7. The molecule has 0 spiro atoms. The third-order valence-corrected chi connectivity index (χ3v) is 3.46. The molecule has 1 aromatic carbocycles. The summed E-state index contributed by atoms with van der Waals surface area (Å²) < 4.78 is 43.5. The number of amides is 1. The van der Waals surface area contributed by atoms with Crippen LogP contribution in [0.15, 0.2) is 24.3 Å². The highest BCUT2D eigenvalue weighted by atomic mass is 19.4. The number of para-hydroxylation sites is 1. The number of carbonyl (C=O) groups excluding carboxylic acids is 1. The molecule has 6 heteroatoms. The van der Waals surface area contributed by atoms with Gasteiger partial charge in [0.2, 0.25) is 0 Å². The largest absolute Gasteiger partial charge is 0.443 e. The van der Waals surface area contributed by atoms with Crippen LogP contribution in [-0.2, 0) is 4.74 Å². The molecule has 0 saturated carbocycles. The fourth-order valence-corrected chi connectivity index (χ4v) is 2.64. The van der Waals surface area contributed by atoms with Crippen LogP contribution in [0.1, 0.15) is 45.1 Å². The second kappa shape index (κ2) is 5.82. The van der Waals surface area contributed by atoms with E-state index < -0.39 is 30.2 Å². The van der Waals surface area contributed by atoms with E-state index in [-0.39, 0.29) is 13.0 Å². The third-order valence-electron chi connectivity index (χ3n) is 3.46. The summed E-state index contributed by atoms with van der Waals surface area (Å²) in [4.78, 5) is 13.7. The highest BCUT2D eigenvalue weighted by Crippen LogP contribution is 2.41. The zero-order valence-corrected chi connectivity index (χ0v) is 12.9. The Kier molecular flexibility index (Phi) is 4.40. The van der Waals surface area contributed by atoms with Crippen molar-refractivity contribution in [2.75, 3.05) is 11.4 Å². The molecule has 0 fully saturated rings. The summed E-state index contributed by atoms with van der Waals surface area (Å²) in [6, 6.07) is 6.73. The number of carbonyl (C=O) groups is 1. The maximum Gasteiger partial charge on any atom is 0.414 e. The summed E-state index contributed by atoms with van der Waals surface area (Å²) in [5, 5.41) is 0. The van der Waals surface area contributed by atoms with Crippen molar-refractivity contribution in [2.24, 2.45) is 0 Å². The Balaban J connectivity index is 2.26. The molecule has 1 aromatic rings. The smallest absolute Gasteiger partial charge is 0.414 e. The van der Waals surface area contributed by atoms with Gasteiger partial charge >= 0.3 is 12.3 Å². The average molecular weight is 315 g/mol. The van der Waals surface area contributed by atoms with Crippen LogP contribution in [0.4, 0.5) is 23.7 Å². The van der Waals surface area contributed by atoms with Crippen LogP contribution in [0.25, 0.3) is 0 Å². The lowest BCUT2D eigenvalue weighted by molar-refractivity contribution is -0.139. The van der Waals surface area contributed by atoms with Crippen LogP contribution in [0.2, 0.25) is 0 Å². The highest BCUT2D eigenvalue weighted by Gasteiger charge is 2.37. The number of halogens is 3. The fourth-order valence-electron chi connectivity index (χ4n) is 2.64. The molecule has 0 N–H and O–H groups in total. The first-order chi connectivity index (χ1) is 10.1. The zero-order chi connectivity index (χ0) is 16.5. The van der Waals surface area contributed by atoms with Gasteiger partial charge in [0.15, 0.2) is 0 Å². The fraction of sp³-hybridized carbons (Fsp3) is 0.562. The quantitative estimate of drug-likeness (QED) is 0.740. The van der Waals surface area contributed by atoms with Gasteiger partial charge in [-0.2, -0.15) is 13.2 Å². The molecule has 1 heterocycles. The van der Waals surface area contributed by atoms with Gasteiger partial charge in [-0.3, -0.25) is 4.90 Å². The Bertz CT molecular complexity index is 549. The van der Waals surface area contributed by atoms with Crippen LogP contribution >= 0.6 is 0 Å². The van der Waals surface area contributed by atoms with Crippen molar-refractivity contribution in [1.29, 1.82) is 0 Å². The zero-order valence-electron chi connectivity index (χ0n) is 12.9. The van der Waals surface area contributed by atoms with Gasteiger partial charge in [0.05, 0.1) is 12.1 Å². The Labute approximate surface area is 128 Å². The number of nitrogens with zero attached hydrogens (tertiary/aromatic N) is 1. The number of anilines is 1. The van der Waals surface area contributed by atoms with E-state index >= 15 is 0 Å². The average Bonchev–Trinajstić information content (AvgIpc) is 2.35. The Morgan fingerprint density at radius 3 is 2.50 bits per heavy atom. The van der Waals surface area contributed by atoms with Gasteiger partial charge in [-0.15, -0.1) is 0 Å². The molecule has 1 atom stereocenters. The number of hydrogen-bond acceptors (Lipinski definition) is 2. The number of benzene rings is 1. The molecule has 3 nitrogen and oxygen atoms in total. The molecule has 0 aromatic heterocycles. The molecule has 1 aliphatic heterocycles. The lowest BCUT2D eigenvalue weighted by Gasteiger charge is -2.35. The van der Waals surface area contributed by atoms with E-state index in [1.165, 1.54) is 4.90 Å². The molecular weight excluding hydrogens is 295 g/mol. The number of rotatable bonds is 1. The molecule has 2 rings (SSSR count). The normalized spacial score (nSPS) is 18.8. The molecule has 0 radical (unpaired) electrons. The molecule has 0 bridgehead atoms. The molecule has 0 aliphatic carbocycles. The second-order valence-electron chi connectivity index (χ2n) is 6.50. The molecule has 22 heavy (non-hydrogen) atoms. The predicted octanol–water partition coefficient (Wildman–Crippen LogP) is 4.87. The minimum Gasteiger partial charge on any atom is -0.443 e. The number of alkyl halides is 3. The van der Waals surface area contributed by atoms with E-state index in [4.69, 9.17) is 4.74 Å². The van der Waals surface area contributed by atoms with E-state index in [0.29, 0.717) is 11.3 Å². The van der Waals surface area contributed by atoms with Crippen LogP contribution in [0.3, 0.4) is 0 Å². The number of fused-ring (bicyclic) bond motifs is 1. The summed E-state index contributed by atoms with van der Waals surface area (Å²) in [5.41, 5.74) is 0.420. The van der Waals surface area contributed by atoms with Crippen molar-refractivity contribution in [3.05, 3.63) is 29.8 Å². The molecule has 1 aliphatic rings. The van der Waals surface area contributed by atoms with Crippen molar-refractivity contribution in [2.45, 2.75) is 51.3 Å². The van der Waals surface area contributed by atoms with E-state index in [9.17, 15) is 18.0 Å². The van der Waals surface area contributed by atoms with Crippen molar-refractivity contribution >= 4 is 11.8 Å². The van der Waals surface area contributed by atoms with Gasteiger partial charge in [-0.1, -0.05) is 18.2 Å². The maximum atomic E-state index is 12.7. The van der Waals surface area contributed by atoms with Gasteiger partial charge in [-0.05, 0) is 44.7 Å². The van der Waals surface area contributed by atoms with E-state index in [1.54, 1.807) is 45.0 Å². The van der Waals surface area contributed by atoms with Crippen molar-refractivity contribution < 1.29 is 22.7 Å². The second-order valence-corrected chi connectivity index (χ2v) is 6.50. The first kappa shape index (κ1) is 16.6. The SMILES string of the molecule is CC(C)(C)OC(=O)N1CCC(CC(F)(F)F)c2ccccc21. The minimum atomic E-state index is -4.22. The lowest BCUT2D eigenvalue weighted by atomic mass is 9.87. The minimum absolute atomic E-state index is 0.229. The van der Waals surface area contributed by atoms with Crippen LogP contribution in [-0.4, -0.2) is 24.4 Å². The van der Waals surface area contributed by atoms with Gasteiger partial charge in [0.25, 0.3) is 0 Å². The Morgan fingerprint density at radius 2 is 1.91 bits per heavy atom. The number of ether oxygens (including phenoxy) is 1. The van der Waals surface area contributed by atoms with Gasteiger partial charge in [0.1, 0.15) is 5.60 Å². The summed E-state index contributed by atoms with van der Waals surface area (Å²) in [6.45, 7) is 5.50. The van der Waals surface area contributed by atoms with Gasteiger partial charge in [0, 0.05) is 6.54 Å². The van der Waals surface area contributed by atoms with E-state index in [2.05, 4.69) is 0 Å². The summed E-state index contributed by atoms with van der Waals surface area (Å²) >= 11 is 0. The topological polar surface area (TPSA) is 29.5 Å². The molecule has 0 saturated heterocycles. The van der Waals surface area contributed by atoms with Crippen molar-refractivity contribution in [1.82, 2.24) is 0 Å². The summed E-state index contributed by atoms with van der Waals surface area (Å²) in [5.74, 6) is -0.616. The van der Waals surface area contributed by atoms with Crippen LogP contribution < -0.4 is 4.90 Å². The Morgan fingerprint density at radius 1 is 1.27 bits per heavy atom. The molecular formula is C16H20F3NO2. The van der Waals surface area contributed by atoms with Gasteiger partial charge < -0.3 is 4.74 Å². The molecule has 1 unspecified atom stereocenters. The Hall–Kier alpha value is -1.72. The van der Waals surface area contributed by atoms with E-state index in [0.717, 1.165) is 0 Å². The monoisotopic (exact) mass is 315 g/mol. The van der Waals surface area contributed by atoms with Crippen molar-refractivity contribution in [3.63, 3.8) is 0 Å². The summed E-state index contributed by atoms with van der Waals surface area (Å²) in [7, 11) is 0. The van der Waals surface area contributed by atoms with Crippen LogP contribution in [0.5, 0.6) is 0 Å². The molecule has 122 valence electrons. The van der Waals surface area contributed by atoms with Gasteiger partial charge in [-0.25, -0.2) is 4.79 Å².